The van der Waals surface area contributed by atoms with Gasteiger partial charge in [-0.15, -0.1) is 11.3 Å². The molecule has 0 spiro atoms. The van der Waals surface area contributed by atoms with Crippen molar-refractivity contribution in [1.29, 1.82) is 0 Å². The molecule has 0 bridgehead atoms. The number of thiazole rings is 1. The summed E-state index contributed by atoms with van der Waals surface area (Å²) in [5, 5.41) is 5.63. The number of nitrogens with one attached hydrogen (secondary N) is 2. The average molecular weight is 383 g/mol. The molecule has 0 saturated heterocycles. The summed E-state index contributed by atoms with van der Waals surface area (Å²) >= 11 is 1.56. The molecule has 0 atom stereocenters. The van der Waals surface area contributed by atoms with Crippen LogP contribution in [0.1, 0.15) is 18.4 Å². The van der Waals surface area contributed by atoms with Crippen LogP contribution < -0.4 is 15.4 Å². The fourth-order valence-electron chi connectivity index (χ4n) is 2.10. The van der Waals surface area contributed by atoms with E-state index >= 15 is 0 Å². The number of carbonyl (C=O) groups excluding carboxylic acids is 2. The first-order valence-electron chi connectivity index (χ1n) is 8.17. The molecule has 0 aromatic carbocycles. The van der Waals surface area contributed by atoms with Crippen LogP contribution in [0.15, 0.2) is 42.9 Å². The van der Waals surface area contributed by atoms with Crippen LogP contribution in [0.2, 0.25) is 0 Å². The molecule has 0 saturated carbocycles. The number of hydrogen-bond donors (Lipinski definition) is 2. The lowest BCUT2D eigenvalue weighted by molar-refractivity contribution is -0.119. The number of aryl methyl sites for hydroxylation is 1. The predicted molar refractivity (Wildman–Crippen MR) is 102 cm³/mol. The number of ether oxygens (including phenoxy) is 1. The number of urea groups is 1. The first-order chi connectivity index (χ1) is 13.0. The molecule has 27 heavy (non-hydrogen) atoms. The molecule has 3 aromatic rings. The van der Waals surface area contributed by atoms with Crippen LogP contribution in [0.5, 0.6) is 11.5 Å². The number of rotatable bonds is 5. The van der Waals surface area contributed by atoms with Gasteiger partial charge in [-0.05, 0) is 25.1 Å². The van der Waals surface area contributed by atoms with Gasteiger partial charge in [0.15, 0.2) is 0 Å². The predicted octanol–water partition coefficient (Wildman–Crippen LogP) is 3.76. The number of carbonyl (C=O) groups is 2. The third-order valence-electron chi connectivity index (χ3n) is 3.39. The van der Waals surface area contributed by atoms with Gasteiger partial charge >= 0.3 is 6.03 Å². The molecule has 0 aliphatic rings. The lowest BCUT2D eigenvalue weighted by Crippen LogP contribution is -2.33. The molecule has 3 aromatic heterocycles. The molecule has 138 valence electrons. The number of imide groups is 1. The zero-order valence-electron chi connectivity index (χ0n) is 14.7. The minimum Gasteiger partial charge on any atom is -0.456 e. The van der Waals surface area contributed by atoms with Crippen LogP contribution in [0.3, 0.4) is 0 Å². The Kier molecular flexibility index (Phi) is 5.72. The quantitative estimate of drug-likeness (QED) is 0.695. The number of pyridine rings is 2. The summed E-state index contributed by atoms with van der Waals surface area (Å²) < 4.78 is 5.79. The van der Waals surface area contributed by atoms with Crippen molar-refractivity contribution in [2.75, 3.05) is 5.32 Å². The first-order valence-corrected chi connectivity index (χ1v) is 8.98. The van der Waals surface area contributed by atoms with Crippen molar-refractivity contribution in [3.63, 3.8) is 0 Å². The Morgan fingerprint density at radius 2 is 1.96 bits per heavy atom. The number of hydrogen-bond acceptors (Lipinski definition) is 7. The molecule has 3 rings (SSSR count). The highest BCUT2D eigenvalue weighted by molar-refractivity contribution is 7.15. The SMILES string of the molecule is CCC(=O)NC(=O)Nc1ccc(Oc2ccnc(-c3cnc(C)s3)c2)cn1. The molecule has 2 N–H and O–H groups in total. The van der Waals surface area contributed by atoms with Crippen LogP contribution in [-0.2, 0) is 4.79 Å². The second kappa shape index (κ2) is 8.37. The highest BCUT2D eigenvalue weighted by atomic mass is 32.1. The standard InChI is InChI=1S/C18H17N5O3S/c1-3-17(24)23-18(25)22-16-5-4-13(9-21-16)26-12-6-7-19-14(8-12)15-10-20-11(2)27-15/h4-10H,3H2,1-2H3,(H2,21,22,23,24,25). The van der Waals surface area contributed by atoms with Crippen LogP contribution in [0, 0.1) is 6.92 Å². The highest BCUT2D eigenvalue weighted by Crippen LogP contribution is 2.28. The van der Waals surface area contributed by atoms with Gasteiger partial charge < -0.3 is 4.74 Å². The summed E-state index contributed by atoms with van der Waals surface area (Å²) in [5.41, 5.74) is 0.779. The summed E-state index contributed by atoms with van der Waals surface area (Å²) in [6, 6.07) is 6.19. The van der Waals surface area contributed by atoms with Crippen LogP contribution in [-0.4, -0.2) is 26.9 Å². The van der Waals surface area contributed by atoms with E-state index in [1.807, 2.05) is 13.0 Å². The number of aromatic nitrogens is 3. The molecule has 3 heterocycles. The number of anilines is 1. The van der Waals surface area contributed by atoms with Crippen LogP contribution >= 0.6 is 11.3 Å². The van der Waals surface area contributed by atoms with Gasteiger partial charge in [-0.1, -0.05) is 6.92 Å². The zero-order chi connectivity index (χ0) is 19.2. The maximum absolute atomic E-state index is 11.6. The summed E-state index contributed by atoms with van der Waals surface area (Å²) in [7, 11) is 0. The highest BCUT2D eigenvalue weighted by Gasteiger charge is 2.08. The smallest absolute Gasteiger partial charge is 0.327 e. The second-order valence-electron chi connectivity index (χ2n) is 5.46. The topological polar surface area (TPSA) is 106 Å². The Balaban J connectivity index is 1.65. The monoisotopic (exact) mass is 383 g/mol. The summed E-state index contributed by atoms with van der Waals surface area (Å²) in [6.07, 6.45) is 5.15. The van der Waals surface area contributed by atoms with Crippen molar-refractivity contribution in [2.45, 2.75) is 20.3 Å². The van der Waals surface area contributed by atoms with E-state index in [9.17, 15) is 9.59 Å². The lowest BCUT2D eigenvalue weighted by atomic mass is 10.3. The van der Waals surface area contributed by atoms with E-state index < -0.39 is 6.03 Å². The van der Waals surface area contributed by atoms with E-state index in [4.69, 9.17) is 4.74 Å². The Labute approximate surface area is 159 Å². The van der Waals surface area contributed by atoms with Gasteiger partial charge in [0.25, 0.3) is 0 Å². The van der Waals surface area contributed by atoms with Crippen molar-refractivity contribution < 1.29 is 14.3 Å². The van der Waals surface area contributed by atoms with Gasteiger partial charge in [0.05, 0.1) is 21.8 Å². The Morgan fingerprint density at radius 3 is 2.63 bits per heavy atom. The van der Waals surface area contributed by atoms with Crippen molar-refractivity contribution in [2.24, 2.45) is 0 Å². The molecule has 0 unspecified atom stereocenters. The van der Waals surface area contributed by atoms with Crippen LogP contribution in [0.25, 0.3) is 10.6 Å². The maximum Gasteiger partial charge on any atom is 0.327 e. The van der Waals surface area contributed by atoms with Crippen molar-refractivity contribution in [3.05, 3.63) is 47.9 Å². The molecular formula is C18H17N5O3S. The fraction of sp³-hybridized carbons (Fsp3) is 0.167. The Morgan fingerprint density at radius 1 is 1.11 bits per heavy atom. The molecule has 8 nitrogen and oxygen atoms in total. The minimum absolute atomic E-state index is 0.225. The normalized spacial score (nSPS) is 10.3. The fourth-order valence-corrected chi connectivity index (χ4v) is 2.85. The Hall–Kier alpha value is -3.33. The first kappa shape index (κ1) is 18.5. The van der Waals surface area contributed by atoms with Gasteiger partial charge in [-0.3, -0.25) is 20.4 Å². The molecule has 0 radical (unpaired) electrons. The van der Waals surface area contributed by atoms with E-state index in [1.165, 1.54) is 6.20 Å². The molecule has 9 heteroatoms. The van der Waals surface area contributed by atoms with E-state index in [1.54, 1.807) is 48.9 Å². The zero-order valence-corrected chi connectivity index (χ0v) is 15.5. The van der Waals surface area contributed by atoms with Gasteiger partial charge in [-0.25, -0.2) is 14.8 Å². The number of nitrogens with zero attached hydrogens (tertiary/aromatic N) is 3. The average Bonchev–Trinajstić information content (AvgIpc) is 3.10. The lowest BCUT2D eigenvalue weighted by Gasteiger charge is -2.08. The van der Waals surface area contributed by atoms with E-state index in [0.29, 0.717) is 17.3 Å². The summed E-state index contributed by atoms with van der Waals surface area (Å²) in [5.74, 6) is 1.06. The number of amides is 3. The van der Waals surface area contributed by atoms with E-state index in [-0.39, 0.29) is 12.3 Å². The molecule has 0 fully saturated rings. The largest absolute Gasteiger partial charge is 0.456 e. The van der Waals surface area contributed by atoms with E-state index in [2.05, 4.69) is 25.6 Å². The second-order valence-corrected chi connectivity index (χ2v) is 6.69. The van der Waals surface area contributed by atoms with Crippen molar-refractivity contribution in [3.8, 4) is 22.1 Å². The van der Waals surface area contributed by atoms with Crippen molar-refractivity contribution >= 4 is 29.1 Å². The third kappa shape index (κ3) is 5.08. The van der Waals surface area contributed by atoms with Crippen LogP contribution in [0.4, 0.5) is 10.6 Å². The molecule has 0 aliphatic heterocycles. The Bertz CT molecular complexity index is 956. The third-order valence-corrected chi connectivity index (χ3v) is 4.33. The summed E-state index contributed by atoms with van der Waals surface area (Å²) in [6.45, 7) is 3.60. The van der Waals surface area contributed by atoms with Gasteiger partial charge in [0.2, 0.25) is 5.91 Å². The maximum atomic E-state index is 11.6. The molecule has 0 aliphatic carbocycles. The van der Waals surface area contributed by atoms with Gasteiger partial charge in [-0.2, -0.15) is 0 Å². The summed E-state index contributed by atoms with van der Waals surface area (Å²) in [4.78, 5) is 36.4. The molecule has 3 amide bonds. The van der Waals surface area contributed by atoms with Crippen molar-refractivity contribution in [1.82, 2.24) is 20.3 Å². The molecular weight excluding hydrogens is 366 g/mol. The van der Waals surface area contributed by atoms with Gasteiger partial charge in [0.1, 0.15) is 17.3 Å². The van der Waals surface area contributed by atoms with Gasteiger partial charge in [0, 0.05) is 24.9 Å². The minimum atomic E-state index is -0.623. The van der Waals surface area contributed by atoms with E-state index in [0.717, 1.165) is 15.6 Å².